The predicted molar refractivity (Wildman–Crippen MR) is 175 cm³/mol. The van der Waals surface area contributed by atoms with Crippen LogP contribution in [0.1, 0.15) is 47.2 Å². The lowest BCUT2D eigenvalue weighted by atomic mass is 10.1. The Morgan fingerprint density at radius 3 is 2.19 bits per heavy atom. The van der Waals surface area contributed by atoms with E-state index < -0.39 is 21.4 Å². The van der Waals surface area contributed by atoms with Crippen LogP contribution in [-0.2, 0) is 23.3 Å². The molecule has 0 N–H and O–H groups in total. The summed E-state index contributed by atoms with van der Waals surface area (Å²) in [4.78, 5) is 17.4. The molecule has 1 aromatic heterocycles. The second-order valence-corrected chi connectivity index (χ2v) is 14.3. The number of thiophene rings is 1. The van der Waals surface area contributed by atoms with Gasteiger partial charge in [0.1, 0.15) is 30.5 Å². The highest BCUT2D eigenvalue weighted by molar-refractivity contribution is 7.88. The summed E-state index contributed by atoms with van der Waals surface area (Å²) in [6.07, 6.45) is 5.43. The predicted octanol–water partition coefficient (Wildman–Crippen LogP) is 7.26. The summed E-state index contributed by atoms with van der Waals surface area (Å²) in [5, 5.41) is 0.478. The number of alkyl halides is 3. The number of likely N-dealkylation sites (tertiary alicyclic amines) is 2. The Morgan fingerprint density at radius 2 is 1.51 bits per heavy atom. The quantitative estimate of drug-likeness (QED) is 0.0825. The molecular weight excluding hydrogens is 654 g/mol. The Hall–Kier alpha value is -3.65. The average molecular weight is 689 g/mol. The van der Waals surface area contributed by atoms with Gasteiger partial charge in [-0.05, 0) is 118 Å². The maximum absolute atomic E-state index is 13.1. The van der Waals surface area contributed by atoms with Crippen LogP contribution in [0.4, 0.5) is 13.2 Å². The van der Waals surface area contributed by atoms with Crippen molar-refractivity contribution in [3.8, 4) is 27.7 Å². The van der Waals surface area contributed by atoms with E-state index in [0.717, 1.165) is 74.4 Å². The molecule has 0 radical (unpaired) electrons. The standard InChI is InChI=1S/C34H35F3N2O6S2/c35-34(36,37)47(41,42)45-28-11-12-32-29(20-28)30(23-44-31-19-24(5-6-26(31)22-40)21-39-15-3-4-16-39)33(46-32)25-7-9-27(10-8-25)43-18-17-38-13-1-2-14-38/h5-12,19-20,22H,1-4,13-18,21,23H2. The van der Waals surface area contributed by atoms with Crippen molar-refractivity contribution in [2.45, 2.75) is 44.3 Å². The molecule has 0 aliphatic carbocycles. The van der Waals surface area contributed by atoms with Crippen molar-refractivity contribution >= 4 is 37.8 Å². The van der Waals surface area contributed by atoms with Gasteiger partial charge in [-0.3, -0.25) is 14.6 Å². The monoisotopic (exact) mass is 688 g/mol. The fraction of sp³-hybridized carbons (Fsp3) is 0.382. The molecule has 0 amide bonds. The van der Waals surface area contributed by atoms with Crippen molar-refractivity contribution in [3.63, 3.8) is 0 Å². The van der Waals surface area contributed by atoms with Crippen LogP contribution >= 0.6 is 11.3 Å². The summed E-state index contributed by atoms with van der Waals surface area (Å²) in [6.45, 7) is 6.31. The molecule has 6 rings (SSSR count). The summed E-state index contributed by atoms with van der Waals surface area (Å²) in [5.74, 6) is 0.629. The first-order valence-electron chi connectivity index (χ1n) is 15.5. The normalized spacial score (nSPS) is 16.1. The zero-order chi connectivity index (χ0) is 33.0. The lowest BCUT2D eigenvalue weighted by molar-refractivity contribution is -0.0500. The Morgan fingerprint density at radius 1 is 0.830 bits per heavy atom. The number of benzene rings is 3. The fourth-order valence-electron chi connectivity index (χ4n) is 5.98. The van der Waals surface area contributed by atoms with Crippen LogP contribution in [-0.4, -0.2) is 69.3 Å². The molecule has 0 saturated carbocycles. The van der Waals surface area contributed by atoms with Crippen molar-refractivity contribution in [1.29, 1.82) is 0 Å². The van der Waals surface area contributed by atoms with Gasteiger partial charge in [0.2, 0.25) is 0 Å². The molecule has 3 aromatic carbocycles. The van der Waals surface area contributed by atoms with Crippen molar-refractivity contribution in [2.75, 3.05) is 39.3 Å². The summed E-state index contributed by atoms with van der Waals surface area (Å²) in [5.41, 5.74) is -2.77. The van der Waals surface area contributed by atoms with Crippen LogP contribution < -0.4 is 13.7 Å². The van der Waals surface area contributed by atoms with Gasteiger partial charge in [-0.15, -0.1) is 11.3 Å². The van der Waals surface area contributed by atoms with Gasteiger partial charge in [0, 0.05) is 33.6 Å². The van der Waals surface area contributed by atoms with E-state index in [1.807, 2.05) is 36.4 Å². The van der Waals surface area contributed by atoms with Crippen molar-refractivity contribution in [1.82, 2.24) is 9.80 Å². The molecule has 4 aromatic rings. The van der Waals surface area contributed by atoms with Gasteiger partial charge in [-0.1, -0.05) is 6.07 Å². The number of hydrogen-bond acceptors (Lipinski definition) is 9. The van der Waals surface area contributed by atoms with E-state index in [4.69, 9.17) is 9.47 Å². The molecule has 2 aliphatic heterocycles. The number of halogens is 3. The molecule has 0 spiro atoms. The number of hydrogen-bond donors (Lipinski definition) is 0. The molecule has 0 atom stereocenters. The molecule has 2 fully saturated rings. The molecule has 47 heavy (non-hydrogen) atoms. The highest BCUT2D eigenvalue weighted by atomic mass is 32.2. The highest BCUT2D eigenvalue weighted by Crippen LogP contribution is 2.42. The minimum absolute atomic E-state index is 0.0348. The van der Waals surface area contributed by atoms with Crippen molar-refractivity contribution in [2.24, 2.45) is 0 Å². The van der Waals surface area contributed by atoms with E-state index in [1.54, 1.807) is 6.07 Å². The number of rotatable bonds is 13. The van der Waals surface area contributed by atoms with Gasteiger partial charge in [0.15, 0.2) is 6.29 Å². The van der Waals surface area contributed by atoms with Gasteiger partial charge in [0.25, 0.3) is 0 Å². The first kappa shape index (κ1) is 33.3. The molecule has 2 aliphatic rings. The Kier molecular flexibility index (Phi) is 10.1. The third-order valence-electron chi connectivity index (χ3n) is 8.42. The molecule has 3 heterocycles. The highest BCUT2D eigenvalue weighted by Gasteiger charge is 2.48. The zero-order valence-electron chi connectivity index (χ0n) is 25.6. The van der Waals surface area contributed by atoms with E-state index in [-0.39, 0.29) is 6.61 Å². The molecule has 13 heteroatoms. The molecule has 0 unspecified atom stereocenters. The molecular formula is C34H35F3N2O6S2. The lowest BCUT2D eigenvalue weighted by Gasteiger charge is -2.16. The van der Waals surface area contributed by atoms with Crippen LogP contribution in [0.15, 0.2) is 60.7 Å². The van der Waals surface area contributed by atoms with E-state index in [2.05, 4.69) is 14.0 Å². The average Bonchev–Trinajstić information content (AvgIpc) is 3.82. The molecule has 0 bridgehead atoms. The summed E-state index contributed by atoms with van der Waals surface area (Å²) in [7, 11) is -5.86. The summed E-state index contributed by atoms with van der Waals surface area (Å²) in [6, 6.07) is 17.0. The van der Waals surface area contributed by atoms with Gasteiger partial charge >= 0.3 is 15.6 Å². The number of fused-ring (bicyclic) bond motifs is 1. The van der Waals surface area contributed by atoms with Crippen LogP contribution in [0.25, 0.3) is 20.5 Å². The SMILES string of the molecule is O=Cc1ccc(CN2CCCC2)cc1OCc1c(-c2ccc(OCCN3CCCC3)cc2)sc2ccc(OS(=O)(=O)C(F)(F)F)cc12. The van der Waals surface area contributed by atoms with E-state index >= 15 is 0 Å². The summed E-state index contributed by atoms with van der Waals surface area (Å²) >= 11 is 1.39. The Labute approximate surface area is 275 Å². The van der Waals surface area contributed by atoms with Crippen LogP contribution in [0.2, 0.25) is 0 Å². The number of nitrogens with zero attached hydrogens (tertiary/aromatic N) is 2. The van der Waals surface area contributed by atoms with Gasteiger partial charge < -0.3 is 13.7 Å². The maximum Gasteiger partial charge on any atom is 0.534 e. The van der Waals surface area contributed by atoms with Gasteiger partial charge in [-0.25, -0.2) is 0 Å². The van der Waals surface area contributed by atoms with E-state index in [9.17, 15) is 26.4 Å². The maximum atomic E-state index is 13.1. The first-order chi connectivity index (χ1) is 22.6. The topological polar surface area (TPSA) is 85.4 Å². The lowest BCUT2D eigenvalue weighted by Crippen LogP contribution is -2.28. The van der Waals surface area contributed by atoms with E-state index in [1.165, 1.54) is 42.4 Å². The van der Waals surface area contributed by atoms with Gasteiger partial charge in [0.05, 0.1) is 5.56 Å². The Balaban J connectivity index is 1.30. The molecule has 2 saturated heterocycles. The van der Waals surface area contributed by atoms with Crippen LogP contribution in [0, 0.1) is 0 Å². The Bertz CT molecular complexity index is 1810. The zero-order valence-corrected chi connectivity index (χ0v) is 27.3. The smallest absolute Gasteiger partial charge is 0.492 e. The van der Waals surface area contributed by atoms with Crippen molar-refractivity contribution in [3.05, 3.63) is 77.4 Å². The number of aldehydes is 1. The number of carbonyl (C=O) groups is 1. The van der Waals surface area contributed by atoms with Crippen LogP contribution in [0.5, 0.6) is 17.2 Å². The van der Waals surface area contributed by atoms with Crippen LogP contribution in [0.3, 0.4) is 0 Å². The minimum atomic E-state index is -5.86. The van der Waals surface area contributed by atoms with Crippen molar-refractivity contribution < 1.29 is 40.0 Å². The summed E-state index contributed by atoms with van der Waals surface area (Å²) < 4.78 is 80.2. The second-order valence-electron chi connectivity index (χ2n) is 11.7. The number of ether oxygens (including phenoxy) is 2. The molecule has 250 valence electrons. The largest absolute Gasteiger partial charge is 0.534 e. The van der Waals surface area contributed by atoms with E-state index in [0.29, 0.717) is 39.3 Å². The first-order valence-corrected chi connectivity index (χ1v) is 17.8. The third-order valence-corrected chi connectivity index (χ3v) is 10.7. The fourth-order valence-corrected chi connectivity index (χ4v) is 7.63. The molecule has 8 nitrogen and oxygen atoms in total. The number of carbonyl (C=O) groups excluding carboxylic acids is 1. The third kappa shape index (κ3) is 7.91. The van der Waals surface area contributed by atoms with Gasteiger partial charge in [-0.2, -0.15) is 21.6 Å². The second kappa shape index (κ2) is 14.2. The minimum Gasteiger partial charge on any atom is -0.492 e.